The maximum Gasteiger partial charge on any atom is 0.215 e. The molecule has 0 spiro atoms. The summed E-state index contributed by atoms with van der Waals surface area (Å²) in [5.41, 5.74) is 4.16. The Balaban J connectivity index is 2.07. The van der Waals surface area contributed by atoms with Gasteiger partial charge in [0.25, 0.3) is 0 Å². The van der Waals surface area contributed by atoms with E-state index < -0.39 is 0 Å². The Bertz CT molecular complexity index is 871. The molecule has 4 rings (SSSR count). The molecular formula is C15H12N4. The lowest BCUT2D eigenvalue weighted by Gasteiger charge is -2.00. The zero-order valence-corrected chi connectivity index (χ0v) is 10.5. The normalized spacial score (nSPS) is 11.4. The zero-order chi connectivity index (χ0) is 12.8. The van der Waals surface area contributed by atoms with Gasteiger partial charge >= 0.3 is 0 Å². The van der Waals surface area contributed by atoms with Crippen molar-refractivity contribution in [2.75, 3.05) is 0 Å². The second kappa shape index (κ2) is 3.68. The van der Waals surface area contributed by atoms with Crippen molar-refractivity contribution in [1.29, 1.82) is 0 Å². The summed E-state index contributed by atoms with van der Waals surface area (Å²) in [4.78, 5) is 9.06. The minimum absolute atomic E-state index is 0.932. The van der Waals surface area contributed by atoms with Gasteiger partial charge in [0.15, 0.2) is 0 Å². The van der Waals surface area contributed by atoms with Crippen LogP contribution in [0.15, 0.2) is 54.9 Å². The average Bonchev–Trinajstić information content (AvgIpc) is 2.98. The average molecular weight is 248 g/mol. The van der Waals surface area contributed by atoms with Gasteiger partial charge in [-0.1, -0.05) is 18.2 Å². The first-order chi connectivity index (χ1) is 9.34. The minimum atomic E-state index is 0.932. The lowest BCUT2D eigenvalue weighted by molar-refractivity contribution is 0.942. The third kappa shape index (κ3) is 1.40. The molecule has 1 aromatic carbocycles. The summed E-state index contributed by atoms with van der Waals surface area (Å²) in [5.74, 6) is 0.932. The van der Waals surface area contributed by atoms with Crippen molar-refractivity contribution < 1.29 is 0 Å². The smallest absolute Gasteiger partial charge is 0.215 e. The van der Waals surface area contributed by atoms with Gasteiger partial charge in [0, 0.05) is 19.4 Å². The fourth-order valence-electron chi connectivity index (χ4n) is 2.46. The third-order valence-electron chi connectivity index (χ3n) is 3.42. The molecule has 4 aromatic rings. The summed E-state index contributed by atoms with van der Waals surface area (Å²) in [7, 11) is 2.02. The molecule has 0 aliphatic carbocycles. The molecule has 0 aliphatic rings. The summed E-state index contributed by atoms with van der Waals surface area (Å²) in [6.45, 7) is 0. The van der Waals surface area contributed by atoms with Crippen LogP contribution in [0.1, 0.15) is 0 Å². The molecule has 0 bridgehead atoms. The number of hydrogen-bond acceptors (Lipinski definition) is 2. The molecular weight excluding hydrogens is 236 g/mol. The van der Waals surface area contributed by atoms with Crippen LogP contribution in [0.25, 0.3) is 28.2 Å². The molecule has 0 amide bonds. The van der Waals surface area contributed by atoms with E-state index in [9.17, 15) is 0 Å². The summed E-state index contributed by atoms with van der Waals surface area (Å²) >= 11 is 0. The van der Waals surface area contributed by atoms with Crippen LogP contribution in [-0.2, 0) is 7.05 Å². The van der Waals surface area contributed by atoms with Gasteiger partial charge in [-0.2, -0.15) is 0 Å². The van der Waals surface area contributed by atoms with Crippen molar-refractivity contribution in [3.8, 4) is 11.4 Å². The number of benzene rings is 1. The first-order valence-corrected chi connectivity index (χ1v) is 6.18. The fraction of sp³-hybridized carbons (Fsp3) is 0.0667. The number of para-hydroxylation sites is 2. The molecule has 0 unspecified atom stereocenters. The van der Waals surface area contributed by atoms with Crippen LogP contribution >= 0.6 is 0 Å². The highest BCUT2D eigenvalue weighted by molar-refractivity contribution is 5.81. The van der Waals surface area contributed by atoms with Gasteiger partial charge in [-0.05, 0) is 24.3 Å². The Hall–Kier alpha value is -2.62. The maximum absolute atomic E-state index is 4.66. The molecule has 92 valence electrons. The monoisotopic (exact) mass is 248 g/mol. The standard InChI is InChI=1S/C15H12N4/c1-18-14(11-6-4-5-9-16-11)10-19-13-8-3-2-7-12(13)17-15(18)19/h2-10H,1H3. The Morgan fingerprint density at radius 2 is 1.84 bits per heavy atom. The predicted octanol–water partition coefficient (Wildman–Crippen LogP) is 2.89. The molecule has 0 fully saturated rings. The quantitative estimate of drug-likeness (QED) is 0.519. The number of rotatable bonds is 1. The van der Waals surface area contributed by atoms with Gasteiger partial charge in [-0.15, -0.1) is 0 Å². The molecule has 0 saturated heterocycles. The number of nitrogens with zero attached hydrogens (tertiary/aromatic N) is 4. The Labute approximate surface area is 110 Å². The van der Waals surface area contributed by atoms with Crippen molar-refractivity contribution >= 4 is 16.8 Å². The summed E-state index contributed by atoms with van der Waals surface area (Å²) in [5, 5.41) is 0. The lowest BCUT2D eigenvalue weighted by Crippen LogP contribution is -1.93. The molecule has 4 nitrogen and oxygen atoms in total. The first kappa shape index (κ1) is 10.3. The molecule has 3 heterocycles. The molecule has 4 heteroatoms. The van der Waals surface area contributed by atoms with Crippen molar-refractivity contribution in [3.63, 3.8) is 0 Å². The van der Waals surface area contributed by atoms with Gasteiger partial charge in [0.2, 0.25) is 5.78 Å². The van der Waals surface area contributed by atoms with Gasteiger partial charge in [0.1, 0.15) is 0 Å². The molecule has 0 saturated carbocycles. The minimum Gasteiger partial charge on any atom is -0.311 e. The van der Waals surface area contributed by atoms with E-state index in [1.165, 1.54) is 0 Å². The van der Waals surface area contributed by atoms with E-state index >= 15 is 0 Å². The Kier molecular flexibility index (Phi) is 2.00. The van der Waals surface area contributed by atoms with Crippen LogP contribution in [0.4, 0.5) is 0 Å². The second-order valence-corrected chi connectivity index (χ2v) is 4.56. The van der Waals surface area contributed by atoms with E-state index in [-0.39, 0.29) is 0 Å². The number of fused-ring (bicyclic) bond motifs is 3. The van der Waals surface area contributed by atoms with E-state index in [2.05, 4.69) is 31.2 Å². The van der Waals surface area contributed by atoms with Crippen molar-refractivity contribution in [2.45, 2.75) is 0 Å². The maximum atomic E-state index is 4.66. The van der Waals surface area contributed by atoms with Crippen LogP contribution in [0.2, 0.25) is 0 Å². The number of imidazole rings is 2. The number of aromatic nitrogens is 4. The van der Waals surface area contributed by atoms with Gasteiger partial charge in [-0.3, -0.25) is 9.38 Å². The van der Waals surface area contributed by atoms with Gasteiger partial charge in [0.05, 0.1) is 22.4 Å². The van der Waals surface area contributed by atoms with E-state index in [0.717, 1.165) is 28.2 Å². The van der Waals surface area contributed by atoms with Crippen molar-refractivity contribution in [3.05, 3.63) is 54.9 Å². The molecule has 0 radical (unpaired) electrons. The third-order valence-corrected chi connectivity index (χ3v) is 3.42. The van der Waals surface area contributed by atoms with Crippen molar-refractivity contribution in [1.82, 2.24) is 18.9 Å². The number of pyridine rings is 1. The van der Waals surface area contributed by atoms with E-state index in [1.54, 1.807) is 0 Å². The predicted molar refractivity (Wildman–Crippen MR) is 74.9 cm³/mol. The van der Waals surface area contributed by atoms with E-state index in [1.807, 2.05) is 49.6 Å². The van der Waals surface area contributed by atoms with Crippen LogP contribution in [0, 0.1) is 0 Å². The molecule has 19 heavy (non-hydrogen) atoms. The van der Waals surface area contributed by atoms with Crippen LogP contribution in [0.5, 0.6) is 0 Å². The highest BCUT2D eigenvalue weighted by Gasteiger charge is 2.12. The molecule has 0 N–H and O–H groups in total. The molecule has 3 aromatic heterocycles. The SMILES string of the molecule is Cn1c(-c2ccccn2)cn2c3ccccc3nc12. The highest BCUT2D eigenvalue weighted by atomic mass is 15.2. The van der Waals surface area contributed by atoms with Crippen molar-refractivity contribution in [2.24, 2.45) is 7.05 Å². The fourth-order valence-corrected chi connectivity index (χ4v) is 2.46. The summed E-state index contributed by atoms with van der Waals surface area (Å²) < 4.78 is 4.18. The first-order valence-electron chi connectivity index (χ1n) is 6.18. The zero-order valence-electron chi connectivity index (χ0n) is 10.5. The van der Waals surface area contributed by atoms with Crippen LogP contribution < -0.4 is 0 Å². The summed E-state index contributed by atoms with van der Waals surface area (Å²) in [6.07, 6.45) is 3.90. The topological polar surface area (TPSA) is 35.1 Å². The van der Waals surface area contributed by atoms with Gasteiger partial charge in [-0.25, -0.2) is 4.98 Å². The largest absolute Gasteiger partial charge is 0.311 e. The van der Waals surface area contributed by atoms with E-state index in [0.29, 0.717) is 0 Å². The number of aryl methyl sites for hydroxylation is 1. The highest BCUT2D eigenvalue weighted by Crippen LogP contribution is 2.23. The van der Waals surface area contributed by atoms with E-state index in [4.69, 9.17) is 0 Å². The summed E-state index contributed by atoms with van der Waals surface area (Å²) in [6, 6.07) is 14.1. The van der Waals surface area contributed by atoms with Crippen LogP contribution in [-0.4, -0.2) is 18.9 Å². The second-order valence-electron chi connectivity index (χ2n) is 4.56. The molecule has 0 aliphatic heterocycles. The molecule has 0 atom stereocenters. The van der Waals surface area contributed by atoms with Gasteiger partial charge < -0.3 is 4.57 Å². The lowest BCUT2D eigenvalue weighted by atomic mass is 10.3. The Morgan fingerprint density at radius 1 is 1.00 bits per heavy atom. The Morgan fingerprint density at radius 3 is 2.68 bits per heavy atom. The van der Waals surface area contributed by atoms with Crippen LogP contribution in [0.3, 0.4) is 0 Å². The number of hydrogen-bond donors (Lipinski definition) is 0.